The number of rotatable bonds is 4. The van der Waals surface area contributed by atoms with Crippen molar-refractivity contribution in [1.82, 2.24) is 20.0 Å². The van der Waals surface area contributed by atoms with E-state index < -0.39 is 0 Å². The van der Waals surface area contributed by atoms with Gasteiger partial charge in [-0.15, -0.1) is 0 Å². The molecule has 7 nitrogen and oxygen atoms in total. The Kier molecular flexibility index (Phi) is 4.52. The molecule has 2 aromatic carbocycles. The van der Waals surface area contributed by atoms with E-state index in [0.717, 1.165) is 48.2 Å². The molecule has 0 bridgehead atoms. The van der Waals surface area contributed by atoms with E-state index in [0.29, 0.717) is 23.7 Å². The standard InChI is InChI=1S/C22H22N4O3/c1-2-29-22(27)20-13-16-12-15(14-8-10-28-11-9-14)6-7-18(16)26(20)19-5-3-4-17-21(19)24-25-23-17/h3-7,12-14H,2,8-11H2,1H3,(H,23,24,25). The first-order valence-electron chi connectivity index (χ1n) is 9.96. The lowest BCUT2D eigenvalue weighted by Crippen LogP contribution is -2.14. The van der Waals surface area contributed by atoms with Gasteiger partial charge in [-0.25, -0.2) is 4.79 Å². The number of fused-ring (bicyclic) bond motifs is 2. The van der Waals surface area contributed by atoms with Crippen molar-refractivity contribution in [2.24, 2.45) is 0 Å². The second kappa shape index (κ2) is 7.33. The van der Waals surface area contributed by atoms with Crippen molar-refractivity contribution in [3.05, 3.63) is 53.7 Å². The molecule has 7 heteroatoms. The minimum atomic E-state index is -0.350. The Morgan fingerprint density at radius 3 is 2.90 bits per heavy atom. The zero-order chi connectivity index (χ0) is 19.8. The molecule has 0 saturated carbocycles. The van der Waals surface area contributed by atoms with E-state index in [1.807, 2.05) is 35.8 Å². The normalized spacial score (nSPS) is 15.2. The van der Waals surface area contributed by atoms with Gasteiger partial charge in [-0.2, -0.15) is 15.4 Å². The summed E-state index contributed by atoms with van der Waals surface area (Å²) in [7, 11) is 0. The molecule has 1 N–H and O–H groups in total. The number of para-hydroxylation sites is 1. The molecule has 5 rings (SSSR count). The highest BCUT2D eigenvalue weighted by atomic mass is 16.5. The van der Waals surface area contributed by atoms with Crippen LogP contribution in [-0.2, 0) is 9.47 Å². The Balaban J connectivity index is 1.71. The average Bonchev–Trinajstić information content (AvgIpc) is 3.38. The third-order valence-corrected chi connectivity index (χ3v) is 5.57. The van der Waals surface area contributed by atoms with Crippen LogP contribution in [0.25, 0.3) is 27.6 Å². The molecule has 0 radical (unpaired) electrons. The van der Waals surface area contributed by atoms with E-state index in [1.54, 1.807) is 0 Å². The first-order valence-corrected chi connectivity index (χ1v) is 9.96. The van der Waals surface area contributed by atoms with Crippen LogP contribution >= 0.6 is 0 Å². The van der Waals surface area contributed by atoms with Gasteiger partial charge >= 0.3 is 5.97 Å². The summed E-state index contributed by atoms with van der Waals surface area (Å²) in [5.74, 6) is 0.137. The van der Waals surface area contributed by atoms with Crippen LogP contribution in [0.15, 0.2) is 42.5 Å². The largest absolute Gasteiger partial charge is 0.461 e. The highest BCUT2D eigenvalue weighted by Crippen LogP contribution is 2.33. The number of esters is 1. The zero-order valence-electron chi connectivity index (χ0n) is 16.2. The molecular formula is C22H22N4O3. The van der Waals surface area contributed by atoms with Gasteiger partial charge in [-0.3, -0.25) is 0 Å². The highest BCUT2D eigenvalue weighted by Gasteiger charge is 2.22. The second-order valence-corrected chi connectivity index (χ2v) is 7.26. The van der Waals surface area contributed by atoms with E-state index in [9.17, 15) is 4.79 Å². The lowest BCUT2D eigenvalue weighted by molar-refractivity contribution is 0.0517. The predicted octanol–water partition coefficient (Wildman–Crippen LogP) is 3.97. The molecule has 0 spiro atoms. The second-order valence-electron chi connectivity index (χ2n) is 7.26. The quantitative estimate of drug-likeness (QED) is 0.533. The Labute approximate surface area is 167 Å². The molecule has 1 fully saturated rings. The molecule has 0 atom stereocenters. The first-order chi connectivity index (χ1) is 14.3. The third kappa shape index (κ3) is 3.07. The molecule has 1 saturated heterocycles. The summed E-state index contributed by atoms with van der Waals surface area (Å²) in [6, 6.07) is 14.1. The number of ether oxygens (including phenoxy) is 2. The van der Waals surface area contributed by atoms with Crippen LogP contribution in [0.3, 0.4) is 0 Å². The van der Waals surface area contributed by atoms with Crippen LogP contribution in [-0.4, -0.2) is 45.8 Å². The van der Waals surface area contributed by atoms with Gasteiger partial charge in [0.25, 0.3) is 0 Å². The fourth-order valence-electron chi connectivity index (χ4n) is 4.17. The number of aromatic amines is 1. The summed E-state index contributed by atoms with van der Waals surface area (Å²) in [6.45, 7) is 3.73. The van der Waals surface area contributed by atoms with E-state index >= 15 is 0 Å². The number of hydrogen-bond acceptors (Lipinski definition) is 5. The first kappa shape index (κ1) is 17.9. The van der Waals surface area contributed by atoms with E-state index in [-0.39, 0.29) is 5.97 Å². The van der Waals surface area contributed by atoms with Crippen molar-refractivity contribution >= 4 is 27.9 Å². The summed E-state index contributed by atoms with van der Waals surface area (Å²) >= 11 is 0. The predicted molar refractivity (Wildman–Crippen MR) is 109 cm³/mol. The minimum absolute atomic E-state index is 0.321. The Hall–Kier alpha value is -3.19. The number of H-pyrrole nitrogens is 1. The molecule has 0 aliphatic carbocycles. The highest BCUT2D eigenvalue weighted by molar-refractivity contribution is 5.99. The van der Waals surface area contributed by atoms with Crippen LogP contribution in [0.5, 0.6) is 0 Å². The van der Waals surface area contributed by atoms with Crippen molar-refractivity contribution in [1.29, 1.82) is 0 Å². The van der Waals surface area contributed by atoms with E-state index in [4.69, 9.17) is 9.47 Å². The smallest absolute Gasteiger partial charge is 0.355 e. The van der Waals surface area contributed by atoms with Crippen molar-refractivity contribution in [2.75, 3.05) is 19.8 Å². The fraction of sp³-hybridized carbons (Fsp3) is 0.318. The molecule has 3 heterocycles. The van der Waals surface area contributed by atoms with Gasteiger partial charge < -0.3 is 14.0 Å². The number of hydrogen-bond donors (Lipinski definition) is 1. The molecule has 0 amide bonds. The summed E-state index contributed by atoms with van der Waals surface area (Å²) in [5, 5.41) is 12.2. The van der Waals surface area contributed by atoms with Crippen molar-refractivity contribution < 1.29 is 14.3 Å². The zero-order valence-corrected chi connectivity index (χ0v) is 16.2. The fourth-order valence-corrected chi connectivity index (χ4v) is 4.17. The maximum Gasteiger partial charge on any atom is 0.355 e. The molecule has 0 unspecified atom stereocenters. The van der Waals surface area contributed by atoms with Gasteiger partial charge in [0.1, 0.15) is 16.7 Å². The summed E-state index contributed by atoms with van der Waals surface area (Å²) < 4.78 is 12.8. The van der Waals surface area contributed by atoms with Crippen LogP contribution in [0.2, 0.25) is 0 Å². The molecule has 148 valence electrons. The Morgan fingerprint density at radius 1 is 1.21 bits per heavy atom. The molecule has 2 aromatic heterocycles. The van der Waals surface area contributed by atoms with Crippen LogP contribution in [0.4, 0.5) is 0 Å². The van der Waals surface area contributed by atoms with Gasteiger partial charge in [0.2, 0.25) is 0 Å². The maximum atomic E-state index is 12.8. The topological polar surface area (TPSA) is 82.0 Å². The van der Waals surface area contributed by atoms with Crippen LogP contribution < -0.4 is 0 Å². The number of carbonyl (C=O) groups excluding carboxylic acids is 1. The summed E-state index contributed by atoms with van der Waals surface area (Å²) in [6.07, 6.45) is 2.05. The van der Waals surface area contributed by atoms with Gasteiger partial charge in [0.05, 0.1) is 17.8 Å². The number of carbonyl (C=O) groups is 1. The molecular weight excluding hydrogens is 368 g/mol. The lowest BCUT2D eigenvalue weighted by Gasteiger charge is -2.22. The van der Waals surface area contributed by atoms with E-state index in [2.05, 4.69) is 33.6 Å². The summed E-state index contributed by atoms with van der Waals surface area (Å²) in [4.78, 5) is 12.8. The molecule has 1 aliphatic heterocycles. The van der Waals surface area contributed by atoms with Gasteiger partial charge in [-0.1, -0.05) is 12.1 Å². The van der Waals surface area contributed by atoms with Crippen LogP contribution in [0.1, 0.15) is 41.7 Å². The summed E-state index contributed by atoms with van der Waals surface area (Å²) in [5.41, 5.74) is 4.98. The van der Waals surface area contributed by atoms with Crippen molar-refractivity contribution in [2.45, 2.75) is 25.7 Å². The maximum absolute atomic E-state index is 12.8. The van der Waals surface area contributed by atoms with Crippen LogP contribution in [0, 0.1) is 0 Å². The SMILES string of the molecule is CCOC(=O)c1cc2cc(C3CCOCC3)ccc2n1-c1cccc2n[nH]nc12. The number of aromatic nitrogens is 4. The Bertz CT molecular complexity index is 1190. The van der Waals surface area contributed by atoms with Gasteiger partial charge in [0.15, 0.2) is 0 Å². The van der Waals surface area contributed by atoms with E-state index in [1.165, 1.54) is 5.56 Å². The number of nitrogens with one attached hydrogen (secondary N) is 1. The third-order valence-electron chi connectivity index (χ3n) is 5.57. The number of nitrogens with zero attached hydrogens (tertiary/aromatic N) is 3. The van der Waals surface area contributed by atoms with Crippen molar-refractivity contribution in [3.8, 4) is 5.69 Å². The molecule has 29 heavy (non-hydrogen) atoms. The Morgan fingerprint density at radius 2 is 2.07 bits per heavy atom. The molecule has 4 aromatic rings. The van der Waals surface area contributed by atoms with Gasteiger partial charge in [-0.05, 0) is 61.6 Å². The number of benzene rings is 2. The molecule has 1 aliphatic rings. The minimum Gasteiger partial charge on any atom is -0.461 e. The van der Waals surface area contributed by atoms with Gasteiger partial charge in [0, 0.05) is 18.6 Å². The average molecular weight is 390 g/mol. The monoisotopic (exact) mass is 390 g/mol. The lowest BCUT2D eigenvalue weighted by atomic mass is 9.91. The van der Waals surface area contributed by atoms with Crippen molar-refractivity contribution in [3.63, 3.8) is 0 Å².